The molecule has 1 saturated heterocycles. The zero-order chi connectivity index (χ0) is 29.6. The predicted molar refractivity (Wildman–Crippen MR) is 160 cm³/mol. The fourth-order valence-electron chi connectivity index (χ4n) is 6.48. The Labute approximate surface area is 246 Å². The number of rotatable bonds is 7. The van der Waals surface area contributed by atoms with E-state index in [0.29, 0.717) is 60.4 Å². The molecule has 42 heavy (non-hydrogen) atoms. The number of hydrogen-bond donors (Lipinski definition) is 1. The van der Waals surface area contributed by atoms with Crippen LogP contribution in [0.15, 0.2) is 30.3 Å². The van der Waals surface area contributed by atoms with E-state index in [1.165, 1.54) is 6.07 Å². The third kappa shape index (κ3) is 5.48. The maximum absolute atomic E-state index is 14.4. The van der Waals surface area contributed by atoms with E-state index in [2.05, 4.69) is 36.7 Å². The second kappa shape index (κ2) is 11.1. The number of carbonyl (C=O) groups is 1. The summed E-state index contributed by atoms with van der Waals surface area (Å²) in [5.74, 6) is 3.14. The Hall–Kier alpha value is -3.90. The van der Waals surface area contributed by atoms with Gasteiger partial charge in [-0.05, 0) is 76.7 Å². The molecule has 2 fully saturated rings. The van der Waals surface area contributed by atoms with Crippen LogP contribution >= 0.6 is 0 Å². The minimum Gasteiger partial charge on any atom is -0.508 e. The van der Waals surface area contributed by atoms with E-state index in [0.717, 1.165) is 42.9 Å². The number of terminal acetylenes is 1. The van der Waals surface area contributed by atoms with E-state index < -0.39 is 6.17 Å². The van der Waals surface area contributed by atoms with Crippen LogP contribution in [0.5, 0.6) is 11.8 Å². The maximum Gasteiger partial charge on any atom is 0.318 e. The molecule has 2 atom stereocenters. The van der Waals surface area contributed by atoms with Crippen molar-refractivity contribution in [2.45, 2.75) is 64.3 Å². The summed E-state index contributed by atoms with van der Waals surface area (Å²) < 4.78 is 20.7. The Morgan fingerprint density at radius 3 is 2.76 bits per heavy atom. The van der Waals surface area contributed by atoms with Crippen molar-refractivity contribution in [3.05, 3.63) is 52.7 Å². The van der Waals surface area contributed by atoms with Crippen LogP contribution in [0, 0.1) is 17.8 Å². The first-order valence-electron chi connectivity index (χ1n) is 14.8. The van der Waals surface area contributed by atoms with Gasteiger partial charge in [-0.2, -0.15) is 9.97 Å². The minimum absolute atomic E-state index is 0.00111. The first kappa shape index (κ1) is 28.2. The van der Waals surface area contributed by atoms with Gasteiger partial charge in [-0.25, -0.2) is 4.39 Å². The summed E-state index contributed by atoms with van der Waals surface area (Å²) in [5.41, 5.74) is 2.64. The van der Waals surface area contributed by atoms with Gasteiger partial charge < -0.3 is 24.5 Å². The number of halogens is 1. The van der Waals surface area contributed by atoms with Gasteiger partial charge in [0.1, 0.15) is 17.7 Å². The molecule has 1 unspecified atom stereocenters. The van der Waals surface area contributed by atoms with Crippen LogP contribution in [-0.4, -0.2) is 76.8 Å². The van der Waals surface area contributed by atoms with Gasteiger partial charge in [0, 0.05) is 41.1 Å². The third-order valence-electron chi connectivity index (χ3n) is 8.88. The molecular weight excluding hydrogens is 533 g/mol. The Balaban J connectivity index is 1.35. The van der Waals surface area contributed by atoms with Crippen molar-refractivity contribution < 1.29 is 19.0 Å². The average molecular weight is 572 g/mol. The Morgan fingerprint density at radius 2 is 2.02 bits per heavy atom. The average Bonchev–Trinajstić information content (AvgIpc) is 3.62. The highest BCUT2D eigenvalue weighted by molar-refractivity contribution is 6.09. The van der Waals surface area contributed by atoms with Gasteiger partial charge >= 0.3 is 6.01 Å². The Morgan fingerprint density at radius 1 is 1.21 bits per heavy atom. The summed E-state index contributed by atoms with van der Waals surface area (Å²) in [5, 5.41) is 11.8. The third-order valence-corrected chi connectivity index (χ3v) is 8.88. The fraction of sp³-hybridized carbons (Fsp3) is 0.485. The summed E-state index contributed by atoms with van der Waals surface area (Å²) in [6, 6.07) is 8.92. The van der Waals surface area contributed by atoms with E-state index in [1.807, 2.05) is 12.1 Å². The molecular formula is C33H38FN5O3. The summed E-state index contributed by atoms with van der Waals surface area (Å²) in [6.45, 7) is 4.66. The molecule has 3 aromatic rings. The number of aromatic nitrogens is 2. The molecule has 9 heteroatoms. The quantitative estimate of drug-likeness (QED) is 0.404. The minimum atomic E-state index is -0.841. The summed E-state index contributed by atoms with van der Waals surface area (Å²) >= 11 is 0. The molecule has 1 amide bonds. The lowest BCUT2D eigenvalue weighted by molar-refractivity contribution is 0.0752. The lowest BCUT2D eigenvalue weighted by Crippen LogP contribution is -2.35. The highest BCUT2D eigenvalue weighted by Gasteiger charge is 2.44. The molecule has 0 bridgehead atoms. The van der Waals surface area contributed by atoms with Crippen molar-refractivity contribution >= 4 is 22.5 Å². The van der Waals surface area contributed by atoms with Crippen molar-refractivity contribution in [3.63, 3.8) is 0 Å². The van der Waals surface area contributed by atoms with E-state index in [4.69, 9.17) is 21.1 Å². The number of hydrogen-bond acceptors (Lipinski definition) is 7. The monoisotopic (exact) mass is 571 g/mol. The number of ether oxygens (including phenoxy) is 1. The standard InChI is InChI=1S/C33H38FN5O3/c1-5-22-7-6-8-23-15-25(40)16-26(29(22)23)31(41)38-17-27-28(18-38)35-32(42-20-33(12-13-33)19-37(3)4)36-30(27)39-14-11-24(34)10-9-21(39)2/h1,6-8,15-16,21,24,40H,9-14,17-20H2,2-4H3/t21-,24?/m1/s1. The van der Waals surface area contributed by atoms with Gasteiger partial charge in [0.2, 0.25) is 0 Å². The molecule has 1 N–H and O–H groups in total. The topological polar surface area (TPSA) is 82.0 Å². The molecule has 8 nitrogen and oxygen atoms in total. The normalized spacial score (nSPS) is 21.2. The zero-order valence-corrected chi connectivity index (χ0v) is 24.6. The number of carbonyl (C=O) groups excluding carboxylic acids is 1. The molecule has 2 aromatic carbocycles. The summed E-state index contributed by atoms with van der Waals surface area (Å²) in [4.78, 5) is 29.8. The van der Waals surface area contributed by atoms with Crippen molar-refractivity contribution in [2.75, 3.05) is 38.7 Å². The summed E-state index contributed by atoms with van der Waals surface area (Å²) in [6.07, 6.45) is 8.81. The summed E-state index contributed by atoms with van der Waals surface area (Å²) in [7, 11) is 4.13. The van der Waals surface area contributed by atoms with E-state index in [9.17, 15) is 14.3 Å². The van der Waals surface area contributed by atoms with Gasteiger partial charge in [0.15, 0.2) is 0 Å². The van der Waals surface area contributed by atoms with Crippen molar-refractivity contribution in [1.82, 2.24) is 19.8 Å². The van der Waals surface area contributed by atoms with Crippen LogP contribution in [0.3, 0.4) is 0 Å². The van der Waals surface area contributed by atoms with Crippen molar-refractivity contribution in [1.29, 1.82) is 0 Å². The van der Waals surface area contributed by atoms with Crippen molar-refractivity contribution in [3.8, 4) is 24.1 Å². The van der Waals surface area contributed by atoms with Gasteiger partial charge in [-0.15, -0.1) is 6.42 Å². The van der Waals surface area contributed by atoms with Crippen LogP contribution < -0.4 is 9.64 Å². The maximum atomic E-state index is 14.4. The van der Waals surface area contributed by atoms with Gasteiger partial charge in [0.05, 0.1) is 31.0 Å². The molecule has 1 saturated carbocycles. The van der Waals surface area contributed by atoms with Crippen LogP contribution in [0.2, 0.25) is 0 Å². The number of amides is 1. The second-order valence-electron chi connectivity index (χ2n) is 12.5. The number of fused-ring (bicyclic) bond motifs is 2. The number of phenolic OH excluding ortho intramolecular Hbond substituents is 1. The van der Waals surface area contributed by atoms with Gasteiger partial charge in [-0.1, -0.05) is 18.1 Å². The lowest BCUT2D eigenvalue weighted by atomic mass is 9.98. The smallest absolute Gasteiger partial charge is 0.318 e. The molecule has 3 aliphatic rings. The zero-order valence-electron chi connectivity index (χ0n) is 24.6. The SMILES string of the molecule is C#Cc1cccc2cc(O)cc(C(=O)N3Cc4nc(OCC5(CN(C)C)CC5)nc(N5CCC(F)CC[C@H]5C)c4C3)c12. The number of anilines is 1. The Kier molecular flexibility index (Phi) is 7.44. The predicted octanol–water partition coefficient (Wildman–Crippen LogP) is 4.91. The van der Waals surface area contributed by atoms with E-state index in [-0.39, 0.29) is 29.7 Å². The number of benzene rings is 2. The molecule has 3 heterocycles. The van der Waals surface area contributed by atoms with E-state index >= 15 is 0 Å². The molecule has 0 spiro atoms. The number of nitrogens with zero attached hydrogens (tertiary/aromatic N) is 5. The largest absolute Gasteiger partial charge is 0.508 e. The van der Waals surface area contributed by atoms with Crippen LogP contribution in [0.1, 0.15) is 66.2 Å². The van der Waals surface area contributed by atoms with Crippen LogP contribution in [-0.2, 0) is 13.1 Å². The van der Waals surface area contributed by atoms with Crippen LogP contribution in [0.4, 0.5) is 10.2 Å². The molecule has 6 rings (SSSR count). The Bertz CT molecular complexity index is 1560. The van der Waals surface area contributed by atoms with Crippen molar-refractivity contribution in [2.24, 2.45) is 5.41 Å². The first-order chi connectivity index (χ1) is 20.2. The van der Waals surface area contributed by atoms with Crippen LogP contribution in [0.25, 0.3) is 10.8 Å². The lowest BCUT2D eigenvalue weighted by Gasteiger charge is -2.30. The highest BCUT2D eigenvalue weighted by atomic mass is 19.1. The number of aromatic hydroxyl groups is 1. The molecule has 220 valence electrons. The van der Waals surface area contributed by atoms with E-state index in [1.54, 1.807) is 17.0 Å². The number of alkyl halides is 1. The highest BCUT2D eigenvalue weighted by Crippen LogP contribution is 2.46. The molecule has 1 aliphatic carbocycles. The number of phenols is 1. The first-order valence-corrected chi connectivity index (χ1v) is 14.8. The molecule has 2 aliphatic heterocycles. The fourth-order valence-corrected chi connectivity index (χ4v) is 6.48. The van der Waals surface area contributed by atoms with Gasteiger partial charge in [0.25, 0.3) is 5.91 Å². The van der Waals surface area contributed by atoms with Gasteiger partial charge in [-0.3, -0.25) is 4.79 Å². The molecule has 0 radical (unpaired) electrons. The molecule has 1 aromatic heterocycles. The second-order valence-corrected chi connectivity index (χ2v) is 12.5.